The van der Waals surface area contributed by atoms with Crippen LogP contribution in [0, 0.1) is 13.8 Å². The molecular formula is C18H20BrNO3. The Labute approximate surface area is 144 Å². The number of hydrogen-bond donors (Lipinski definition) is 1. The number of amides is 1. The van der Waals surface area contributed by atoms with E-state index in [1.165, 1.54) is 5.56 Å². The number of hydroxylamine groups is 1. The molecule has 0 aliphatic heterocycles. The molecule has 0 heterocycles. The van der Waals surface area contributed by atoms with Crippen LogP contribution < -0.4 is 9.80 Å². The number of hydrogen-bond acceptors (Lipinski definition) is 3. The van der Waals surface area contributed by atoms with Crippen LogP contribution in [-0.4, -0.2) is 11.1 Å². The number of anilines is 1. The number of aryl methyl sites for hydroxylation is 2. The van der Waals surface area contributed by atoms with Gasteiger partial charge in [0.1, 0.15) is 12.4 Å². The zero-order chi connectivity index (χ0) is 17.0. The van der Waals surface area contributed by atoms with Gasteiger partial charge in [-0.1, -0.05) is 46.6 Å². The molecule has 122 valence electrons. The van der Waals surface area contributed by atoms with Crippen LogP contribution in [-0.2, 0) is 11.4 Å². The van der Waals surface area contributed by atoms with E-state index >= 15 is 0 Å². The molecule has 0 saturated carbocycles. The molecule has 0 atom stereocenters. The van der Waals surface area contributed by atoms with Crippen molar-refractivity contribution in [1.82, 2.24) is 0 Å². The number of rotatable bonds is 5. The Morgan fingerprint density at radius 2 is 2.00 bits per heavy atom. The van der Waals surface area contributed by atoms with Gasteiger partial charge < -0.3 is 4.74 Å². The molecule has 2 rings (SSSR count). The van der Waals surface area contributed by atoms with Crippen LogP contribution in [0.3, 0.4) is 0 Å². The highest BCUT2D eigenvalue weighted by molar-refractivity contribution is 9.10. The highest BCUT2D eigenvalue weighted by Gasteiger charge is 2.17. The molecule has 2 aromatic carbocycles. The predicted molar refractivity (Wildman–Crippen MR) is 94.0 cm³/mol. The molecule has 1 N–H and O–H groups in total. The fourth-order valence-corrected chi connectivity index (χ4v) is 2.75. The Morgan fingerprint density at radius 1 is 1.26 bits per heavy atom. The smallest absolute Gasteiger partial charge is 0.250 e. The quantitative estimate of drug-likeness (QED) is 0.602. The zero-order valence-corrected chi connectivity index (χ0v) is 15.1. The number of halogens is 1. The molecule has 0 aromatic heterocycles. The summed E-state index contributed by atoms with van der Waals surface area (Å²) in [5.74, 6) is 0.416. The van der Waals surface area contributed by atoms with Gasteiger partial charge in [-0.05, 0) is 37.6 Å². The van der Waals surface area contributed by atoms with Crippen LogP contribution >= 0.6 is 15.9 Å². The molecule has 0 fully saturated rings. The van der Waals surface area contributed by atoms with Crippen molar-refractivity contribution >= 4 is 27.5 Å². The van der Waals surface area contributed by atoms with Crippen LogP contribution in [0.4, 0.5) is 5.69 Å². The summed E-state index contributed by atoms with van der Waals surface area (Å²) in [6, 6.07) is 11.3. The first-order valence-corrected chi connectivity index (χ1v) is 8.22. The summed E-state index contributed by atoms with van der Waals surface area (Å²) in [7, 11) is 0. The van der Waals surface area contributed by atoms with E-state index in [9.17, 15) is 10.0 Å². The standard InChI is InChI=1S/C18H20BrNO3/c1-4-18(21)20(22)16-7-5-6-15(19)14(16)11-23-17-9-8-12(2)10-13(17)3/h5-10,22H,4,11H2,1-3H3. The topological polar surface area (TPSA) is 49.8 Å². The van der Waals surface area contributed by atoms with E-state index in [2.05, 4.69) is 22.0 Å². The van der Waals surface area contributed by atoms with Gasteiger partial charge in [-0.15, -0.1) is 0 Å². The third-order valence-corrected chi connectivity index (χ3v) is 4.31. The van der Waals surface area contributed by atoms with Gasteiger partial charge in [0.25, 0.3) is 0 Å². The lowest BCUT2D eigenvalue weighted by atomic mass is 10.1. The van der Waals surface area contributed by atoms with E-state index in [-0.39, 0.29) is 18.9 Å². The summed E-state index contributed by atoms with van der Waals surface area (Å²) in [6.45, 7) is 5.97. The van der Waals surface area contributed by atoms with Crippen LogP contribution in [0.1, 0.15) is 30.0 Å². The molecule has 5 heteroatoms. The van der Waals surface area contributed by atoms with Crippen molar-refractivity contribution in [2.45, 2.75) is 33.8 Å². The molecular weight excluding hydrogens is 358 g/mol. The maximum Gasteiger partial charge on any atom is 0.250 e. The molecule has 0 aliphatic rings. The summed E-state index contributed by atoms with van der Waals surface area (Å²) in [5.41, 5.74) is 3.36. The molecule has 0 radical (unpaired) electrons. The third kappa shape index (κ3) is 4.12. The maximum atomic E-state index is 11.8. The van der Waals surface area contributed by atoms with E-state index in [0.717, 1.165) is 21.3 Å². The first kappa shape index (κ1) is 17.5. The molecule has 0 saturated heterocycles. The highest BCUT2D eigenvalue weighted by Crippen LogP contribution is 2.30. The largest absolute Gasteiger partial charge is 0.489 e. The van der Waals surface area contributed by atoms with E-state index in [1.807, 2.05) is 32.0 Å². The molecule has 1 amide bonds. The number of nitrogens with zero attached hydrogens (tertiary/aromatic N) is 1. The predicted octanol–water partition coefficient (Wildman–Crippen LogP) is 4.78. The average molecular weight is 378 g/mol. The molecule has 0 aliphatic carbocycles. The molecule has 0 spiro atoms. The van der Waals surface area contributed by atoms with Crippen molar-refractivity contribution in [2.75, 3.05) is 5.06 Å². The minimum atomic E-state index is -0.365. The Bertz CT molecular complexity index is 715. The first-order valence-electron chi connectivity index (χ1n) is 7.43. The fraction of sp³-hybridized carbons (Fsp3) is 0.278. The number of carbonyl (C=O) groups excluding carboxylic acids is 1. The molecule has 0 bridgehead atoms. The lowest BCUT2D eigenvalue weighted by Gasteiger charge is -2.20. The lowest BCUT2D eigenvalue weighted by molar-refractivity contribution is -0.123. The van der Waals surface area contributed by atoms with Crippen molar-refractivity contribution in [3.05, 3.63) is 57.6 Å². The van der Waals surface area contributed by atoms with Crippen molar-refractivity contribution in [3.8, 4) is 5.75 Å². The second-order valence-corrected chi connectivity index (χ2v) is 6.21. The highest BCUT2D eigenvalue weighted by atomic mass is 79.9. The Balaban J connectivity index is 2.27. The first-order chi connectivity index (χ1) is 10.9. The summed E-state index contributed by atoms with van der Waals surface area (Å²) in [5, 5.41) is 10.8. The normalized spacial score (nSPS) is 10.5. The van der Waals surface area contributed by atoms with Crippen LogP contribution in [0.25, 0.3) is 0 Å². The van der Waals surface area contributed by atoms with E-state index in [1.54, 1.807) is 19.1 Å². The average Bonchev–Trinajstić information content (AvgIpc) is 2.53. The minimum absolute atomic E-state index is 0.223. The van der Waals surface area contributed by atoms with Gasteiger partial charge in [-0.25, -0.2) is 0 Å². The van der Waals surface area contributed by atoms with Crippen LogP contribution in [0.15, 0.2) is 40.9 Å². The van der Waals surface area contributed by atoms with Gasteiger partial charge in [0.15, 0.2) is 0 Å². The van der Waals surface area contributed by atoms with Crippen LogP contribution in [0.5, 0.6) is 5.75 Å². The lowest BCUT2D eigenvalue weighted by Crippen LogP contribution is -2.27. The fourth-order valence-electron chi connectivity index (χ4n) is 2.28. The van der Waals surface area contributed by atoms with Crippen molar-refractivity contribution in [3.63, 3.8) is 0 Å². The number of carbonyl (C=O) groups is 1. The third-order valence-electron chi connectivity index (χ3n) is 3.56. The minimum Gasteiger partial charge on any atom is -0.489 e. The second kappa shape index (κ2) is 7.62. The van der Waals surface area contributed by atoms with E-state index in [0.29, 0.717) is 10.8 Å². The maximum absolute atomic E-state index is 11.8. The summed E-state index contributed by atoms with van der Waals surface area (Å²) in [6.07, 6.45) is 0.223. The van der Waals surface area contributed by atoms with Crippen LogP contribution in [0.2, 0.25) is 0 Å². The summed E-state index contributed by atoms with van der Waals surface area (Å²) in [4.78, 5) is 11.8. The van der Waals surface area contributed by atoms with Crippen molar-refractivity contribution in [1.29, 1.82) is 0 Å². The van der Waals surface area contributed by atoms with E-state index < -0.39 is 0 Å². The molecule has 0 unspecified atom stereocenters. The van der Waals surface area contributed by atoms with Crippen molar-refractivity contribution in [2.24, 2.45) is 0 Å². The van der Waals surface area contributed by atoms with Crippen molar-refractivity contribution < 1.29 is 14.7 Å². The Morgan fingerprint density at radius 3 is 2.65 bits per heavy atom. The van der Waals surface area contributed by atoms with Gasteiger partial charge >= 0.3 is 0 Å². The van der Waals surface area contributed by atoms with E-state index in [4.69, 9.17) is 4.74 Å². The van der Waals surface area contributed by atoms with Gasteiger partial charge in [0.05, 0.1) is 5.69 Å². The SMILES string of the molecule is CCC(=O)N(O)c1cccc(Br)c1COc1ccc(C)cc1C. The molecule has 4 nitrogen and oxygen atoms in total. The van der Waals surface area contributed by atoms with Gasteiger partial charge in [0.2, 0.25) is 5.91 Å². The van der Waals surface area contributed by atoms with Gasteiger partial charge in [-0.2, -0.15) is 5.06 Å². The molecule has 23 heavy (non-hydrogen) atoms. The summed E-state index contributed by atoms with van der Waals surface area (Å²) >= 11 is 3.46. The number of benzene rings is 2. The molecule has 2 aromatic rings. The monoisotopic (exact) mass is 377 g/mol. The number of ether oxygens (including phenoxy) is 1. The zero-order valence-electron chi connectivity index (χ0n) is 13.5. The van der Waals surface area contributed by atoms with Gasteiger partial charge in [-0.3, -0.25) is 10.0 Å². The summed E-state index contributed by atoms with van der Waals surface area (Å²) < 4.78 is 6.66. The second-order valence-electron chi connectivity index (χ2n) is 5.35. The Hall–Kier alpha value is -1.85. The van der Waals surface area contributed by atoms with Gasteiger partial charge in [0, 0.05) is 16.5 Å². The Kier molecular flexibility index (Phi) is 5.80.